The number of ether oxygens (including phenoxy) is 1. The van der Waals surface area contributed by atoms with E-state index >= 15 is 0 Å². The molecular formula is C19H26N2O2. The summed E-state index contributed by atoms with van der Waals surface area (Å²) in [5.74, 6) is 1.70. The molecule has 2 rings (SSSR count). The number of aliphatic hydroxyl groups is 1. The van der Waals surface area contributed by atoms with Gasteiger partial charge in [0.2, 0.25) is 0 Å². The molecule has 0 radical (unpaired) electrons. The number of aryl methyl sites for hydroxylation is 1. The normalized spacial score (nSPS) is 10.6. The van der Waals surface area contributed by atoms with E-state index in [-0.39, 0.29) is 6.61 Å². The second-order valence-corrected chi connectivity index (χ2v) is 5.69. The summed E-state index contributed by atoms with van der Waals surface area (Å²) in [5, 5.41) is 12.4. The Morgan fingerprint density at radius 2 is 2.04 bits per heavy atom. The van der Waals surface area contributed by atoms with Crippen LogP contribution in [-0.4, -0.2) is 16.7 Å². The molecule has 0 unspecified atom stereocenters. The first-order chi connectivity index (χ1) is 11.2. The minimum atomic E-state index is -0.0498. The van der Waals surface area contributed by atoms with Crippen LogP contribution >= 0.6 is 0 Å². The summed E-state index contributed by atoms with van der Waals surface area (Å²) in [7, 11) is 0. The highest BCUT2D eigenvalue weighted by atomic mass is 16.5. The van der Waals surface area contributed by atoms with Crippen molar-refractivity contribution in [3.8, 4) is 5.75 Å². The number of nitrogens with one attached hydrogen (secondary N) is 1. The van der Waals surface area contributed by atoms with Crippen LogP contribution in [0.15, 0.2) is 36.4 Å². The number of unbranched alkanes of at least 4 members (excludes halogenated alkanes) is 2. The summed E-state index contributed by atoms with van der Waals surface area (Å²) in [4.78, 5) is 4.34. The van der Waals surface area contributed by atoms with Gasteiger partial charge in [-0.05, 0) is 37.1 Å². The average molecular weight is 314 g/mol. The summed E-state index contributed by atoms with van der Waals surface area (Å²) in [6.07, 6.45) is 3.47. The second kappa shape index (κ2) is 9.16. The molecule has 4 nitrogen and oxygen atoms in total. The van der Waals surface area contributed by atoms with Crippen molar-refractivity contribution in [3.63, 3.8) is 0 Å². The average Bonchev–Trinajstić information content (AvgIpc) is 2.58. The van der Waals surface area contributed by atoms with E-state index in [1.54, 1.807) is 6.07 Å². The fraction of sp³-hybridized carbons (Fsp3) is 0.421. The van der Waals surface area contributed by atoms with Gasteiger partial charge in [0, 0.05) is 12.1 Å². The number of anilines is 1. The van der Waals surface area contributed by atoms with E-state index < -0.39 is 0 Å². The molecule has 0 spiro atoms. The Morgan fingerprint density at radius 1 is 1.17 bits per heavy atom. The number of hydrogen-bond acceptors (Lipinski definition) is 4. The SMILES string of the molecule is CCCCCOc1cc(C)ccc1CNc1cccc(CO)n1. The van der Waals surface area contributed by atoms with Gasteiger partial charge in [-0.1, -0.05) is 38.0 Å². The molecule has 2 aromatic rings. The van der Waals surface area contributed by atoms with Gasteiger partial charge in [0.05, 0.1) is 18.9 Å². The molecule has 0 saturated heterocycles. The van der Waals surface area contributed by atoms with Crippen LogP contribution < -0.4 is 10.1 Å². The maximum absolute atomic E-state index is 9.15. The Hall–Kier alpha value is -2.07. The van der Waals surface area contributed by atoms with Crippen molar-refractivity contribution in [2.45, 2.75) is 46.3 Å². The van der Waals surface area contributed by atoms with E-state index in [2.05, 4.69) is 42.3 Å². The Bertz CT molecular complexity index is 614. The molecule has 1 heterocycles. The third-order valence-electron chi connectivity index (χ3n) is 3.66. The molecule has 0 saturated carbocycles. The first kappa shape index (κ1) is 17.3. The number of nitrogens with zero attached hydrogens (tertiary/aromatic N) is 1. The lowest BCUT2D eigenvalue weighted by molar-refractivity contribution is 0.277. The minimum Gasteiger partial charge on any atom is -0.493 e. The summed E-state index contributed by atoms with van der Waals surface area (Å²) >= 11 is 0. The Kier molecular flexibility index (Phi) is 6.88. The van der Waals surface area contributed by atoms with Crippen molar-refractivity contribution in [3.05, 3.63) is 53.2 Å². The van der Waals surface area contributed by atoms with Crippen molar-refractivity contribution >= 4 is 5.82 Å². The van der Waals surface area contributed by atoms with Crippen LogP contribution in [0.5, 0.6) is 5.75 Å². The van der Waals surface area contributed by atoms with Gasteiger partial charge in [-0.25, -0.2) is 4.98 Å². The molecule has 0 aliphatic rings. The van der Waals surface area contributed by atoms with Gasteiger partial charge in [0.25, 0.3) is 0 Å². The third-order valence-corrected chi connectivity index (χ3v) is 3.66. The van der Waals surface area contributed by atoms with Gasteiger partial charge in [0.15, 0.2) is 0 Å². The quantitative estimate of drug-likeness (QED) is 0.685. The lowest BCUT2D eigenvalue weighted by Crippen LogP contribution is -2.06. The first-order valence-electron chi connectivity index (χ1n) is 8.26. The molecule has 0 aliphatic carbocycles. The first-order valence-corrected chi connectivity index (χ1v) is 8.26. The molecular weight excluding hydrogens is 288 g/mol. The number of aromatic nitrogens is 1. The topological polar surface area (TPSA) is 54.4 Å². The molecule has 1 aromatic heterocycles. The smallest absolute Gasteiger partial charge is 0.126 e. The number of rotatable bonds is 9. The zero-order chi connectivity index (χ0) is 16.5. The minimum absolute atomic E-state index is 0.0498. The molecule has 0 amide bonds. The third kappa shape index (κ3) is 5.57. The zero-order valence-corrected chi connectivity index (χ0v) is 14.0. The lowest BCUT2D eigenvalue weighted by Gasteiger charge is -2.13. The van der Waals surface area contributed by atoms with Crippen LogP contribution in [-0.2, 0) is 13.2 Å². The van der Waals surface area contributed by atoms with Gasteiger partial charge >= 0.3 is 0 Å². The van der Waals surface area contributed by atoms with E-state index in [1.807, 2.05) is 12.1 Å². The van der Waals surface area contributed by atoms with Gasteiger partial charge in [-0.2, -0.15) is 0 Å². The summed E-state index contributed by atoms with van der Waals surface area (Å²) < 4.78 is 5.95. The second-order valence-electron chi connectivity index (χ2n) is 5.69. The van der Waals surface area contributed by atoms with Crippen LogP contribution in [0.3, 0.4) is 0 Å². The predicted molar refractivity (Wildman–Crippen MR) is 93.7 cm³/mol. The van der Waals surface area contributed by atoms with Crippen molar-refractivity contribution < 1.29 is 9.84 Å². The molecule has 0 fully saturated rings. The Labute approximate surface area is 138 Å². The fourth-order valence-corrected chi connectivity index (χ4v) is 2.33. The zero-order valence-electron chi connectivity index (χ0n) is 14.0. The van der Waals surface area contributed by atoms with Gasteiger partial charge in [-0.3, -0.25) is 0 Å². The van der Waals surface area contributed by atoms with Crippen molar-refractivity contribution in [1.82, 2.24) is 4.98 Å². The van der Waals surface area contributed by atoms with Gasteiger partial charge in [-0.15, -0.1) is 0 Å². The summed E-state index contributed by atoms with van der Waals surface area (Å²) in [5.41, 5.74) is 2.97. The number of aliphatic hydroxyl groups excluding tert-OH is 1. The lowest BCUT2D eigenvalue weighted by atomic mass is 10.1. The molecule has 23 heavy (non-hydrogen) atoms. The van der Waals surface area contributed by atoms with Crippen LogP contribution in [0, 0.1) is 6.92 Å². The van der Waals surface area contributed by atoms with Crippen LogP contribution in [0.25, 0.3) is 0 Å². The van der Waals surface area contributed by atoms with Crippen LogP contribution in [0.4, 0.5) is 5.82 Å². The predicted octanol–water partition coefficient (Wildman–Crippen LogP) is 4.06. The van der Waals surface area contributed by atoms with Crippen LogP contribution in [0.2, 0.25) is 0 Å². The molecule has 0 atom stereocenters. The van der Waals surface area contributed by atoms with E-state index in [0.717, 1.165) is 30.2 Å². The molecule has 0 aliphatic heterocycles. The highest BCUT2D eigenvalue weighted by Crippen LogP contribution is 2.22. The molecule has 124 valence electrons. The van der Waals surface area contributed by atoms with E-state index in [0.29, 0.717) is 12.2 Å². The Balaban J connectivity index is 2.00. The highest BCUT2D eigenvalue weighted by Gasteiger charge is 2.05. The summed E-state index contributed by atoms with van der Waals surface area (Å²) in [6.45, 7) is 5.61. The van der Waals surface area contributed by atoms with Gasteiger partial charge < -0.3 is 15.2 Å². The van der Waals surface area contributed by atoms with E-state index in [9.17, 15) is 0 Å². The Morgan fingerprint density at radius 3 is 2.83 bits per heavy atom. The van der Waals surface area contributed by atoms with Crippen molar-refractivity contribution in [2.24, 2.45) is 0 Å². The van der Waals surface area contributed by atoms with Gasteiger partial charge in [0.1, 0.15) is 11.6 Å². The number of hydrogen-bond donors (Lipinski definition) is 2. The monoisotopic (exact) mass is 314 g/mol. The summed E-state index contributed by atoms with van der Waals surface area (Å²) in [6, 6.07) is 11.9. The molecule has 0 bridgehead atoms. The molecule has 2 N–H and O–H groups in total. The molecule has 4 heteroatoms. The maximum atomic E-state index is 9.15. The maximum Gasteiger partial charge on any atom is 0.126 e. The largest absolute Gasteiger partial charge is 0.493 e. The molecule has 1 aromatic carbocycles. The van der Waals surface area contributed by atoms with E-state index in [1.165, 1.54) is 18.4 Å². The fourth-order valence-electron chi connectivity index (χ4n) is 2.33. The highest BCUT2D eigenvalue weighted by molar-refractivity contribution is 5.42. The number of pyridine rings is 1. The van der Waals surface area contributed by atoms with Crippen LogP contribution in [0.1, 0.15) is 43.0 Å². The van der Waals surface area contributed by atoms with Crippen molar-refractivity contribution in [2.75, 3.05) is 11.9 Å². The number of benzene rings is 1. The van der Waals surface area contributed by atoms with Crippen molar-refractivity contribution in [1.29, 1.82) is 0 Å². The van der Waals surface area contributed by atoms with E-state index in [4.69, 9.17) is 9.84 Å². The standard InChI is InChI=1S/C19H26N2O2/c1-3-4-5-11-23-18-12-15(2)9-10-16(18)13-20-19-8-6-7-17(14-22)21-19/h6-10,12,22H,3-5,11,13-14H2,1-2H3,(H,20,21).